The molecule has 1 saturated heterocycles. The molecule has 8 heteroatoms. The Bertz CT molecular complexity index is 988. The predicted molar refractivity (Wildman–Crippen MR) is 99.4 cm³/mol. The monoisotopic (exact) mass is 369 g/mol. The molecule has 0 saturated carbocycles. The zero-order valence-corrected chi connectivity index (χ0v) is 15.4. The van der Waals surface area contributed by atoms with Crippen LogP contribution in [0.5, 0.6) is 0 Å². The summed E-state index contributed by atoms with van der Waals surface area (Å²) < 4.78 is 2.99. The van der Waals surface area contributed by atoms with Crippen molar-refractivity contribution in [3.05, 3.63) is 62.2 Å². The lowest BCUT2D eigenvalue weighted by atomic mass is 10.2. The Morgan fingerprint density at radius 1 is 1.07 bits per heavy atom. The lowest BCUT2D eigenvalue weighted by Gasteiger charge is -2.30. The van der Waals surface area contributed by atoms with E-state index < -0.39 is 0 Å². The van der Waals surface area contributed by atoms with Crippen molar-refractivity contribution in [3.63, 3.8) is 0 Å². The number of nitrogens with zero attached hydrogens (tertiary/aromatic N) is 5. The number of carbonyl (C=O) groups is 1. The summed E-state index contributed by atoms with van der Waals surface area (Å²) in [5.74, 6) is 0.387. The fourth-order valence-corrected chi connectivity index (χ4v) is 3.80. The van der Waals surface area contributed by atoms with Gasteiger partial charge in [-0.15, -0.1) is 0 Å². The lowest BCUT2D eigenvalue weighted by Crippen LogP contribution is -2.44. The van der Waals surface area contributed by atoms with Crippen LogP contribution in [-0.2, 0) is 26.7 Å². The third-order valence-corrected chi connectivity index (χ3v) is 5.34. The summed E-state index contributed by atoms with van der Waals surface area (Å²) in [4.78, 5) is 45.8. The maximum absolute atomic E-state index is 12.9. The first-order valence-corrected chi connectivity index (χ1v) is 9.30. The average molecular weight is 369 g/mol. The third kappa shape index (κ3) is 3.44. The van der Waals surface area contributed by atoms with E-state index in [0.29, 0.717) is 31.2 Å². The second kappa shape index (κ2) is 7.11. The lowest BCUT2D eigenvalue weighted by molar-refractivity contribution is 0.0692. The number of fused-ring (bicyclic) bond motifs is 1. The van der Waals surface area contributed by atoms with Gasteiger partial charge in [-0.3, -0.25) is 23.9 Å². The quantitative estimate of drug-likeness (QED) is 0.772. The molecule has 4 heterocycles. The number of aromatic nitrogens is 3. The number of amides is 1. The Morgan fingerprint density at radius 2 is 1.85 bits per heavy atom. The molecule has 27 heavy (non-hydrogen) atoms. The van der Waals surface area contributed by atoms with Gasteiger partial charge in [-0.2, -0.15) is 0 Å². The molecule has 2 aliphatic heterocycles. The number of pyridine rings is 1. The van der Waals surface area contributed by atoms with Gasteiger partial charge in [0.25, 0.3) is 17.0 Å². The van der Waals surface area contributed by atoms with Crippen LogP contribution in [-0.4, -0.2) is 49.5 Å². The number of hydrogen-bond donors (Lipinski definition) is 0. The van der Waals surface area contributed by atoms with Crippen LogP contribution in [0.15, 0.2) is 33.9 Å². The molecule has 2 aromatic rings. The Hall–Kier alpha value is -2.74. The topological polar surface area (TPSA) is 80.4 Å². The van der Waals surface area contributed by atoms with Gasteiger partial charge < -0.3 is 9.47 Å². The molecule has 0 aliphatic carbocycles. The molecule has 0 N–H and O–H groups in total. The van der Waals surface area contributed by atoms with Crippen molar-refractivity contribution < 1.29 is 4.79 Å². The summed E-state index contributed by atoms with van der Waals surface area (Å²) in [5.41, 5.74) is 0.815. The van der Waals surface area contributed by atoms with Crippen LogP contribution in [0.1, 0.15) is 34.8 Å². The fourth-order valence-electron chi connectivity index (χ4n) is 3.80. The summed E-state index contributed by atoms with van der Waals surface area (Å²) in [6.45, 7) is 3.84. The Balaban J connectivity index is 1.59. The van der Waals surface area contributed by atoms with Gasteiger partial charge in [-0.25, -0.2) is 4.98 Å². The van der Waals surface area contributed by atoms with Crippen LogP contribution in [0, 0.1) is 0 Å². The van der Waals surface area contributed by atoms with E-state index in [2.05, 4.69) is 9.88 Å². The molecule has 1 fully saturated rings. The van der Waals surface area contributed by atoms with Crippen LogP contribution in [0.25, 0.3) is 0 Å². The molecule has 0 aromatic carbocycles. The van der Waals surface area contributed by atoms with E-state index in [4.69, 9.17) is 0 Å². The maximum Gasteiger partial charge on any atom is 0.271 e. The van der Waals surface area contributed by atoms with Gasteiger partial charge in [0, 0.05) is 38.8 Å². The SMILES string of the molecule is Cn1c(C(=O)N2CCn3c(nc(CN4CCCC4)cc3=O)C2)cccc1=O. The highest BCUT2D eigenvalue weighted by Gasteiger charge is 2.25. The highest BCUT2D eigenvalue weighted by Crippen LogP contribution is 2.14. The summed E-state index contributed by atoms with van der Waals surface area (Å²) in [6.07, 6.45) is 2.37. The van der Waals surface area contributed by atoms with E-state index >= 15 is 0 Å². The number of likely N-dealkylation sites (tertiary alicyclic amines) is 1. The van der Waals surface area contributed by atoms with Crippen LogP contribution in [0.4, 0.5) is 0 Å². The minimum Gasteiger partial charge on any atom is -0.328 e. The maximum atomic E-state index is 12.9. The molecule has 0 spiro atoms. The van der Waals surface area contributed by atoms with Crippen molar-refractivity contribution in [2.75, 3.05) is 19.6 Å². The molecule has 142 valence electrons. The molecule has 0 unspecified atom stereocenters. The average Bonchev–Trinajstić information content (AvgIpc) is 3.16. The van der Waals surface area contributed by atoms with E-state index in [9.17, 15) is 14.4 Å². The molecule has 2 aromatic heterocycles. The van der Waals surface area contributed by atoms with Crippen LogP contribution in [0.2, 0.25) is 0 Å². The molecule has 8 nitrogen and oxygen atoms in total. The van der Waals surface area contributed by atoms with Crippen molar-refractivity contribution in [3.8, 4) is 0 Å². The molecule has 0 radical (unpaired) electrons. The summed E-state index contributed by atoms with van der Waals surface area (Å²) >= 11 is 0. The highest BCUT2D eigenvalue weighted by atomic mass is 16.2. The van der Waals surface area contributed by atoms with Gasteiger partial charge in [-0.05, 0) is 32.0 Å². The predicted octanol–water partition coefficient (Wildman–Crippen LogP) is 0.194. The second-order valence-corrected chi connectivity index (χ2v) is 7.17. The van der Waals surface area contributed by atoms with Crippen LogP contribution >= 0.6 is 0 Å². The van der Waals surface area contributed by atoms with Crippen LogP contribution < -0.4 is 11.1 Å². The van der Waals surface area contributed by atoms with Crippen molar-refractivity contribution >= 4 is 5.91 Å². The van der Waals surface area contributed by atoms with Gasteiger partial charge in [0.1, 0.15) is 11.5 Å². The van der Waals surface area contributed by atoms with Gasteiger partial charge in [0.15, 0.2) is 0 Å². The van der Waals surface area contributed by atoms with Gasteiger partial charge in [0.2, 0.25) is 0 Å². The standard InChI is InChI=1S/C19H23N5O3/c1-21-15(5-4-6-17(21)25)19(27)23-9-10-24-16(13-23)20-14(11-18(24)26)12-22-7-2-3-8-22/h4-6,11H,2-3,7-10,12-13H2,1H3. The smallest absolute Gasteiger partial charge is 0.271 e. The Labute approximate surface area is 156 Å². The van der Waals surface area contributed by atoms with Crippen LogP contribution in [0.3, 0.4) is 0 Å². The van der Waals surface area contributed by atoms with Crippen molar-refractivity contribution in [2.45, 2.75) is 32.5 Å². The third-order valence-electron chi connectivity index (χ3n) is 5.34. The Kier molecular flexibility index (Phi) is 4.65. The van der Waals surface area contributed by atoms with E-state index in [1.807, 2.05) is 0 Å². The first kappa shape index (κ1) is 17.7. The van der Waals surface area contributed by atoms with Crippen molar-refractivity contribution in [1.29, 1.82) is 0 Å². The largest absolute Gasteiger partial charge is 0.328 e. The van der Waals surface area contributed by atoms with Crippen molar-refractivity contribution in [1.82, 2.24) is 23.9 Å². The normalized spacial score (nSPS) is 17.1. The minimum atomic E-state index is -0.222. The molecular weight excluding hydrogens is 346 g/mol. The molecule has 1 amide bonds. The molecular formula is C19H23N5O3. The molecule has 0 bridgehead atoms. The molecule has 4 rings (SSSR count). The van der Waals surface area contributed by atoms with E-state index in [1.165, 1.54) is 23.5 Å². The second-order valence-electron chi connectivity index (χ2n) is 7.17. The Morgan fingerprint density at radius 3 is 2.63 bits per heavy atom. The van der Waals surface area contributed by atoms with Gasteiger partial charge in [-0.1, -0.05) is 6.07 Å². The number of rotatable bonds is 3. The highest BCUT2D eigenvalue weighted by molar-refractivity contribution is 5.92. The number of carbonyl (C=O) groups excluding carboxylic acids is 1. The van der Waals surface area contributed by atoms with Gasteiger partial charge >= 0.3 is 0 Å². The first-order valence-electron chi connectivity index (χ1n) is 9.30. The summed E-state index contributed by atoms with van der Waals surface area (Å²) in [5, 5.41) is 0. The minimum absolute atomic E-state index is 0.0617. The molecule has 0 atom stereocenters. The number of hydrogen-bond acceptors (Lipinski definition) is 5. The van der Waals surface area contributed by atoms with E-state index in [1.54, 1.807) is 34.7 Å². The summed E-state index contributed by atoms with van der Waals surface area (Å²) in [6, 6.07) is 6.27. The zero-order chi connectivity index (χ0) is 19.0. The van der Waals surface area contributed by atoms with Gasteiger partial charge in [0.05, 0.1) is 12.2 Å². The first-order chi connectivity index (χ1) is 13.0. The van der Waals surface area contributed by atoms with E-state index in [-0.39, 0.29) is 23.6 Å². The summed E-state index contributed by atoms with van der Waals surface area (Å²) in [7, 11) is 1.59. The molecule has 2 aliphatic rings. The van der Waals surface area contributed by atoms with Crippen molar-refractivity contribution in [2.24, 2.45) is 7.05 Å². The fraction of sp³-hybridized carbons (Fsp3) is 0.474. The zero-order valence-electron chi connectivity index (χ0n) is 15.4. The van der Waals surface area contributed by atoms with E-state index in [0.717, 1.165) is 18.8 Å².